The molecule has 1 amide bonds. The van der Waals surface area contributed by atoms with Crippen molar-refractivity contribution in [2.75, 3.05) is 11.4 Å². The summed E-state index contributed by atoms with van der Waals surface area (Å²) in [5.41, 5.74) is 8.17. The van der Waals surface area contributed by atoms with Gasteiger partial charge in [-0.05, 0) is 24.5 Å². The van der Waals surface area contributed by atoms with E-state index in [1.165, 1.54) is 5.56 Å². The van der Waals surface area contributed by atoms with Gasteiger partial charge in [0.15, 0.2) is 0 Å². The van der Waals surface area contributed by atoms with E-state index >= 15 is 0 Å². The fourth-order valence-electron chi connectivity index (χ4n) is 2.22. The Morgan fingerprint density at radius 1 is 1.50 bits per heavy atom. The minimum Gasteiger partial charge on any atom is -0.326 e. The first-order valence-electron chi connectivity index (χ1n) is 5.97. The predicted molar refractivity (Wildman–Crippen MR) is 77.2 cm³/mol. The summed E-state index contributed by atoms with van der Waals surface area (Å²) in [6, 6.07) is 8.03. The zero-order valence-electron chi connectivity index (χ0n) is 10.3. The molecule has 1 atom stereocenters. The van der Waals surface area contributed by atoms with Gasteiger partial charge < -0.3 is 10.6 Å². The minimum atomic E-state index is 0. The highest BCUT2D eigenvalue weighted by molar-refractivity contribution is 5.94. The van der Waals surface area contributed by atoms with E-state index in [0.717, 1.165) is 12.1 Å². The zero-order valence-corrected chi connectivity index (χ0v) is 11.2. The monoisotopic (exact) mass is 266 g/mol. The number of carbonyl (C=O) groups excluding carboxylic acids is 1. The number of fused-ring (bicyclic) bond motifs is 1. The second-order valence-electron chi connectivity index (χ2n) is 4.42. The summed E-state index contributed by atoms with van der Waals surface area (Å²) in [7, 11) is 0. The number of hydrogen-bond acceptors (Lipinski definition) is 2. The molecule has 2 N–H and O–H groups in total. The van der Waals surface area contributed by atoms with E-state index in [9.17, 15) is 4.79 Å². The fraction of sp³-hybridized carbons (Fsp3) is 0.357. The van der Waals surface area contributed by atoms with Gasteiger partial charge in [0, 0.05) is 24.7 Å². The van der Waals surface area contributed by atoms with E-state index < -0.39 is 0 Å². The van der Waals surface area contributed by atoms with Crippen LogP contribution < -0.4 is 10.6 Å². The molecule has 1 aliphatic heterocycles. The number of nitrogens with zero attached hydrogens (tertiary/aromatic N) is 1. The molecule has 1 unspecified atom stereocenters. The summed E-state index contributed by atoms with van der Waals surface area (Å²) < 4.78 is 0. The zero-order chi connectivity index (χ0) is 12.3. The molecule has 0 aliphatic carbocycles. The Bertz CT molecular complexity index is 434. The molecule has 1 aliphatic rings. The van der Waals surface area contributed by atoms with Crippen molar-refractivity contribution < 1.29 is 4.79 Å². The van der Waals surface area contributed by atoms with Gasteiger partial charge >= 0.3 is 0 Å². The van der Waals surface area contributed by atoms with E-state index in [-0.39, 0.29) is 24.4 Å². The predicted octanol–water partition coefficient (Wildman–Crippen LogP) is 2.29. The normalized spacial score (nSPS) is 17.6. The van der Waals surface area contributed by atoms with Crippen molar-refractivity contribution in [3.05, 3.63) is 42.5 Å². The van der Waals surface area contributed by atoms with E-state index in [4.69, 9.17) is 5.73 Å². The van der Waals surface area contributed by atoms with Gasteiger partial charge in [-0.2, -0.15) is 0 Å². The number of carbonyl (C=O) groups is 1. The number of amides is 1. The molecule has 0 bridgehead atoms. The second-order valence-corrected chi connectivity index (χ2v) is 4.42. The lowest BCUT2D eigenvalue weighted by Gasteiger charge is -2.33. The van der Waals surface area contributed by atoms with Crippen LogP contribution in [-0.2, 0) is 11.2 Å². The second kappa shape index (κ2) is 6.57. The number of allylic oxidation sites excluding steroid dienone is 1. The summed E-state index contributed by atoms with van der Waals surface area (Å²) in [5, 5.41) is 0. The maximum atomic E-state index is 12.1. The third kappa shape index (κ3) is 3.12. The fourth-order valence-corrected chi connectivity index (χ4v) is 2.22. The molecule has 4 heteroatoms. The molecule has 1 heterocycles. The average Bonchev–Trinajstić information content (AvgIpc) is 2.34. The number of para-hydroxylation sites is 1. The van der Waals surface area contributed by atoms with Gasteiger partial charge in [0.2, 0.25) is 5.91 Å². The summed E-state index contributed by atoms with van der Waals surface area (Å²) in [6.07, 6.45) is 3.84. The van der Waals surface area contributed by atoms with Gasteiger partial charge in [-0.25, -0.2) is 0 Å². The molecule has 0 radical (unpaired) electrons. The Balaban J connectivity index is 0.00000162. The van der Waals surface area contributed by atoms with Crippen LogP contribution in [0.3, 0.4) is 0 Å². The Morgan fingerprint density at radius 2 is 2.22 bits per heavy atom. The van der Waals surface area contributed by atoms with Gasteiger partial charge in [-0.3, -0.25) is 4.79 Å². The lowest BCUT2D eigenvalue weighted by molar-refractivity contribution is -0.118. The highest BCUT2D eigenvalue weighted by Gasteiger charge is 2.25. The molecule has 0 saturated carbocycles. The topological polar surface area (TPSA) is 46.3 Å². The van der Waals surface area contributed by atoms with Crippen LogP contribution >= 0.6 is 12.4 Å². The number of nitrogens with two attached hydrogens (primary N) is 1. The number of hydrogen-bond donors (Lipinski definition) is 1. The molecule has 0 saturated heterocycles. The molecule has 18 heavy (non-hydrogen) atoms. The first-order valence-corrected chi connectivity index (χ1v) is 5.97. The lowest BCUT2D eigenvalue weighted by Crippen LogP contribution is -2.46. The minimum absolute atomic E-state index is 0. The van der Waals surface area contributed by atoms with Crippen molar-refractivity contribution in [3.8, 4) is 0 Å². The molecule has 0 aromatic heterocycles. The van der Waals surface area contributed by atoms with Gasteiger partial charge in [-0.1, -0.05) is 24.3 Å². The van der Waals surface area contributed by atoms with Crippen LogP contribution in [0.4, 0.5) is 5.69 Å². The van der Waals surface area contributed by atoms with Crippen LogP contribution in [0.15, 0.2) is 36.9 Å². The van der Waals surface area contributed by atoms with E-state index in [1.54, 1.807) is 6.08 Å². The first-order chi connectivity index (χ1) is 8.22. The van der Waals surface area contributed by atoms with Crippen LogP contribution in [0.2, 0.25) is 0 Å². The SMILES string of the molecule is C=CCCC(=O)N1CC(N)Cc2ccccc21.Cl. The van der Waals surface area contributed by atoms with E-state index in [2.05, 4.69) is 6.58 Å². The highest BCUT2D eigenvalue weighted by atomic mass is 35.5. The largest absolute Gasteiger partial charge is 0.326 e. The standard InChI is InChI=1S/C14H18N2O.ClH/c1-2-3-8-14(17)16-10-12(15)9-11-6-4-5-7-13(11)16;/h2,4-7,12H,1,3,8-10,15H2;1H. The Morgan fingerprint density at radius 3 is 2.94 bits per heavy atom. The number of anilines is 1. The molecule has 98 valence electrons. The Labute approximate surface area is 114 Å². The molecule has 3 nitrogen and oxygen atoms in total. The van der Waals surface area contributed by atoms with Gasteiger partial charge in [0.1, 0.15) is 0 Å². The first kappa shape index (κ1) is 14.7. The maximum Gasteiger partial charge on any atom is 0.227 e. The van der Waals surface area contributed by atoms with Crippen molar-refractivity contribution in [2.45, 2.75) is 25.3 Å². The van der Waals surface area contributed by atoms with Gasteiger partial charge in [-0.15, -0.1) is 19.0 Å². The summed E-state index contributed by atoms with van der Waals surface area (Å²) in [5.74, 6) is 0.132. The lowest BCUT2D eigenvalue weighted by atomic mass is 9.98. The number of rotatable bonds is 3. The molecular weight excluding hydrogens is 248 g/mol. The smallest absolute Gasteiger partial charge is 0.227 e. The summed E-state index contributed by atoms with van der Waals surface area (Å²) >= 11 is 0. The van der Waals surface area contributed by atoms with Crippen LogP contribution in [0.1, 0.15) is 18.4 Å². The average molecular weight is 267 g/mol. The number of halogens is 1. The molecule has 0 spiro atoms. The van der Waals surface area contributed by atoms with Crippen LogP contribution in [0, 0.1) is 0 Å². The van der Waals surface area contributed by atoms with Crippen molar-refractivity contribution in [1.29, 1.82) is 0 Å². The third-order valence-corrected chi connectivity index (χ3v) is 3.04. The van der Waals surface area contributed by atoms with Crippen LogP contribution in [0.25, 0.3) is 0 Å². The van der Waals surface area contributed by atoms with Crippen molar-refractivity contribution in [1.82, 2.24) is 0 Å². The Hall–Kier alpha value is -1.32. The highest BCUT2D eigenvalue weighted by Crippen LogP contribution is 2.26. The molecule has 0 fully saturated rings. The van der Waals surface area contributed by atoms with Gasteiger partial charge in [0.05, 0.1) is 0 Å². The Kier molecular flexibility index (Phi) is 5.38. The summed E-state index contributed by atoms with van der Waals surface area (Å²) in [4.78, 5) is 13.9. The van der Waals surface area contributed by atoms with E-state index in [0.29, 0.717) is 19.4 Å². The third-order valence-electron chi connectivity index (χ3n) is 3.04. The van der Waals surface area contributed by atoms with Crippen molar-refractivity contribution in [2.24, 2.45) is 5.73 Å². The maximum absolute atomic E-state index is 12.1. The van der Waals surface area contributed by atoms with Gasteiger partial charge in [0.25, 0.3) is 0 Å². The van der Waals surface area contributed by atoms with Crippen molar-refractivity contribution >= 4 is 24.0 Å². The number of benzene rings is 1. The molecule has 2 rings (SSSR count). The van der Waals surface area contributed by atoms with E-state index in [1.807, 2.05) is 29.2 Å². The quantitative estimate of drug-likeness (QED) is 0.854. The molecular formula is C14H19ClN2O. The van der Waals surface area contributed by atoms with Crippen molar-refractivity contribution in [3.63, 3.8) is 0 Å². The van der Waals surface area contributed by atoms with Crippen LogP contribution in [-0.4, -0.2) is 18.5 Å². The summed E-state index contributed by atoms with van der Waals surface area (Å²) in [6.45, 7) is 4.26. The molecule has 1 aromatic carbocycles. The van der Waals surface area contributed by atoms with Crippen LogP contribution in [0.5, 0.6) is 0 Å². The molecule has 1 aromatic rings.